The van der Waals surface area contributed by atoms with Crippen LogP contribution < -0.4 is 5.73 Å². The van der Waals surface area contributed by atoms with E-state index in [1.165, 1.54) is 0 Å². The quantitative estimate of drug-likeness (QED) is 0.525. The summed E-state index contributed by atoms with van der Waals surface area (Å²) in [5.74, 6) is -0.334. The van der Waals surface area contributed by atoms with E-state index in [9.17, 15) is 4.79 Å². The summed E-state index contributed by atoms with van der Waals surface area (Å²) < 4.78 is 17.4. The summed E-state index contributed by atoms with van der Waals surface area (Å²) in [5.41, 5.74) is 5.14. The average molecular weight is 293 g/mol. The number of amides is 1. The minimum atomic E-state index is -2.78. The first-order chi connectivity index (χ1) is 8.99. The second kappa shape index (κ2) is 10.3. The van der Waals surface area contributed by atoms with E-state index in [1.54, 1.807) is 0 Å². The number of hydrogen-bond donors (Lipinski definition) is 2. The van der Waals surface area contributed by atoms with E-state index in [0.717, 1.165) is 0 Å². The molecule has 1 atom stereocenters. The number of primary amides is 1. The monoisotopic (exact) mass is 293 g/mol. The maximum Gasteiger partial charge on any atom is 0.501 e. The molecule has 0 spiro atoms. The molecule has 0 radical (unpaired) electrons. The highest BCUT2D eigenvalue weighted by molar-refractivity contribution is 6.60. The molecule has 19 heavy (non-hydrogen) atoms. The smallest absolute Gasteiger partial charge is 0.396 e. The molecule has 0 fully saturated rings. The number of carbonyl (C=O) groups excluding carboxylic acids is 1. The normalized spacial score (nSPS) is 13.5. The molecule has 0 aromatic rings. The van der Waals surface area contributed by atoms with Gasteiger partial charge in [0.1, 0.15) is 0 Å². The molecule has 0 aliphatic heterocycles. The molecule has 0 aliphatic carbocycles. The predicted octanol–water partition coefficient (Wildman–Crippen LogP) is 1.05. The third-order valence-corrected chi connectivity index (χ3v) is 5.74. The molecular weight excluding hydrogens is 266 g/mol. The molecule has 0 saturated heterocycles. The Kier molecular flexibility index (Phi) is 10.1. The molecule has 0 rings (SSSR count). The first kappa shape index (κ1) is 18.5. The third kappa shape index (κ3) is 8.33. The van der Waals surface area contributed by atoms with Crippen LogP contribution in [-0.4, -0.2) is 45.7 Å². The van der Waals surface area contributed by atoms with E-state index < -0.39 is 8.80 Å². The van der Waals surface area contributed by atoms with Gasteiger partial charge >= 0.3 is 8.80 Å². The molecule has 0 bridgehead atoms. The minimum Gasteiger partial charge on any atom is -0.396 e. The molecular formula is C12H27NO5Si. The van der Waals surface area contributed by atoms with E-state index in [-0.39, 0.29) is 18.6 Å². The van der Waals surface area contributed by atoms with Crippen molar-refractivity contribution in [2.45, 2.75) is 52.2 Å². The summed E-state index contributed by atoms with van der Waals surface area (Å²) in [4.78, 5) is 10.8. The Morgan fingerprint density at radius 2 is 1.89 bits per heavy atom. The van der Waals surface area contributed by atoms with Crippen molar-refractivity contribution < 1.29 is 23.2 Å². The molecule has 0 saturated carbocycles. The van der Waals surface area contributed by atoms with Crippen molar-refractivity contribution in [3.8, 4) is 0 Å². The minimum absolute atomic E-state index is 0.0607. The Hall–Kier alpha value is -0.473. The fourth-order valence-electron chi connectivity index (χ4n) is 1.78. The van der Waals surface area contributed by atoms with Gasteiger partial charge < -0.3 is 24.1 Å². The number of rotatable bonds is 12. The van der Waals surface area contributed by atoms with Crippen LogP contribution in [0.25, 0.3) is 0 Å². The second-order valence-corrected chi connectivity index (χ2v) is 6.99. The lowest BCUT2D eigenvalue weighted by atomic mass is 10.3. The van der Waals surface area contributed by atoms with Gasteiger partial charge in [-0.15, -0.1) is 0 Å². The molecule has 0 aromatic carbocycles. The van der Waals surface area contributed by atoms with E-state index in [1.807, 2.05) is 20.8 Å². The van der Waals surface area contributed by atoms with Gasteiger partial charge in [0.15, 0.2) is 0 Å². The molecule has 3 N–H and O–H groups in total. The summed E-state index contributed by atoms with van der Waals surface area (Å²) in [6.07, 6.45) is 1.29. The zero-order valence-electron chi connectivity index (χ0n) is 12.2. The molecule has 0 heterocycles. The zero-order valence-corrected chi connectivity index (χ0v) is 13.2. The molecule has 7 heteroatoms. The standard InChI is InChI=1S/C12H27NO5Si/c1-4-16-19(17-5-2,10-6-7-12(13)15)18-11(3)8-9-14/h11,14H,4-10H2,1-3H3,(H2,13,15). The van der Waals surface area contributed by atoms with Crippen LogP contribution >= 0.6 is 0 Å². The Labute approximate surface area is 116 Å². The Morgan fingerprint density at radius 3 is 2.32 bits per heavy atom. The maximum atomic E-state index is 10.8. The van der Waals surface area contributed by atoms with Crippen LogP contribution in [0.4, 0.5) is 0 Å². The summed E-state index contributed by atoms with van der Waals surface area (Å²) in [6.45, 7) is 6.70. The first-order valence-electron chi connectivity index (χ1n) is 6.84. The lowest BCUT2D eigenvalue weighted by Crippen LogP contribution is -2.48. The molecule has 6 nitrogen and oxygen atoms in total. The number of nitrogens with two attached hydrogens (primary N) is 1. The van der Waals surface area contributed by atoms with Crippen molar-refractivity contribution in [1.82, 2.24) is 0 Å². The topological polar surface area (TPSA) is 91.0 Å². The largest absolute Gasteiger partial charge is 0.501 e. The van der Waals surface area contributed by atoms with Crippen LogP contribution in [0, 0.1) is 0 Å². The molecule has 0 aromatic heterocycles. The first-order valence-corrected chi connectivity index (χ1v) is 8.77. The van der Waals surface area contributed by atoms with Crippen LogP contribution in [0.3, 0.4) is 0 Å². The van der Waals surface area contributed by atoms with Crippen LogP contribution in [0.5, 0.6) is 0 Å². The Bertz CT molecular complexity index is 246. The van der Waals surface area contributed by atoms with Crippen molar-refractivity contribution >= 4 is 14.7 Å². The van der Waals surface area contributed by atoms with Crippen molar-refractivity contribution in [2.24, 2.45) is 5.73 Å². The highest BCUT2D eigenvalue weighted by Gasteiger charge is 2.41. The van der Waals surface area contributed by atoms with Gasteiger partial charge in [-0.25, -0.2) is 0 Å². The van der Waals surface area contributed by atoms with Gasteiger partial charge in [0.25, 0.3) is 0 Å². The molecule has 114 valence electrons. The van der Waals surface area contributed by atoms with E-state index >= 15 is 0 Å². The third-order valence-electron chi connectivity index (χ3n) is 2.55. The Balaban J connectivity index is 4.59. The van der Waals surface area contributed by atoms with Crippen molar-refractivity contribution in [3.05, 3.63) is 0 Å². The van der Waals surface area contributed by atoms with E-state index in [4.69, 9.17) is 24.1 Å². The summed E-state index contributed by atoms with van der Waals surface area (Å²) in [6, 6.07) is 0.563. The SMILES string of the molecule is CCO[Si](CCCC(N)=O)(OCC)OC(C)CCO. The van der Waals surface area contributed by atoms with Gasteiger partial charge in [0.05, 0.1) is 0 Å². The van der Waals surface area contributed by atoms with Gasteiger partial charge in [-0.3, -0.25) is 4.79 Å². The van der Waals surface area contributed by atoms with E-state index in [0.29, 0.717) is 38.5 Å². The second-order valence-electron chi connectivity index (χ2n) is 4.31. The maximum absolute atomic E-state index is 10.8. The number of aliphatic hydroxyl groups excluding tert-OH is 1. The highest BCUT2D eigenvalue weighted by atomic mass is 28.4. The number of hydrogen-bond acceptors (Lipinski definition) is 5. The highest BCUT2D eigenvalue weighted by Crippen LogP contribution is 2.22. The Morgan fingerprint density at radius 1 is 1.32 bits per heavy atom. The summed E-state index contributed by atoms with van der Waals surface area (Å²) >= 11 is 0. The van der Waals surface area contributed by atoms with Gasteiger partial charge in [0, 0.05) is 38.4 Å². The van der Waals surface area contributed by atoms with Crippen LogP contribution in [0.15, 0.2) is 0 Å². The van der Waals surface area contributed by atoms with E-state index in [2.05, 4.69) is 0 Å². The van der Waals surface area contributed by atoms with Crippen LogP contribution in [0.1, 0.15) is 40.0 Å². The average Bonchev–Trinajstić information content (AvgIpc) is 2.29. The molecule has 0 aliphatic rings. The van der Waals surface area contributed by atoms with Gasteiger partial charge in [-0.1, -0.05) is 0 Å². The van der Waals surface area contributed by atoms with Crippen molar-refractivity contribution in [2.75, 3.05) is 19.8 Å². The lowest BCUT2D eigenvalue weighted by Gasteiger charge is -2.31. The van der Waals surface area contributed by atoms with Crippen molar-refractivity contribution in [1.29, 1.82) is 0 Å². The lowest BCUT2D eigenvalue weighted by molar-refractivity contribution is -0.118. The van der Waals surface area contributed by atoms with Gasteiger partial charge in [0.2, 0.25) is 5.91 Å². The molecule has 1 unspecified atom stereocenters. The van der Waals surface area contributed by atoms with Gasteiger partial charge in [-0.05, 0) is 33.6 Å². The van der Waals surface area contributed by atoms with Crippen LogP contribution in [-0.2, 0) is 18.1 Å². The van der Waals surface area contributed by atoms with Crippen LogP contribution in [0.2, 0.25) is 6.04 Å². The fourth-order valence-corrected chi connectivity index (χ4v) is 4.63. The number of aliphatic hydroxyl groups is 1. The molecule has 1 amide bonds. The number of carbonyl (C=O) groups is 1. The fraction of sp³-hybridized carbons (Fsp3) is 0.917. The predicted molar refractivity (Wildman–Crippen MR) is 74.5 cm³/mol. The summed E-state index contributed by atoms with van der Waals surface area (Å²) in [7, 11) is -2.78. The van der Waals surface area contributed by atoms with Gasteiger partial charge in [-0.2, -0.15) is 0 Å². The zero-order chi connectivity index (χ0) is 14.7. The van der Waals surface area contributed by atoms with Crippen molar-refractivity contribution in [3.63, 3.8) is 0 Å². The summed E-state index contributed by atoms with van der Waals surface area (Å²) in [5, 5.41) is 8.93.